The Kier molecular flexibility index (Phi) is 3.36. The van der Waals surface area contributed by atoms with Crippen LogP contribution in [0.3, 0.4) is 0 Å². The Morgan fingerprint density at radius 2 is 2.00 bits per heavy atom. The molecular formula is C9H6F4O3. The van der Waals surface area contributed by atoms with Crippen LogP contribution >= 0.6 is 0 Å². The van der Waals surface area contributed by atoms with Crippen molar-refractivity contribution in [1.82, 2.24) is 0 Å². The second-order valence-electron chi connectivity index (χ2n) is 2.87. The largest absolute Gasteiger partial charge is 0.506 e. The van der Waals surface area contributed by atoms with E-state index in [1.165, 1.54) is 0 Å². The SMILES string of the molecule is O=C(O)OCc1ccc(F)c(C(F)(F)F)c1. The summed E-state index contributed by atoms with van der Waals surface area (Å²) in [5, 5.41) is 8.14. The third kappa shape index (κ3) is 3.11. The lowest BCUT2D eigenvalue weighted by Gasteiger charge is -2.09. The van der Waals surface area contributed by atoms with Crippen molar-refractivity contribution in [3.8, 4) is 0 Å². The highest BCUT2D eigenvalue weighted by molar-refractivity contribution is 5.56. The van der Waals surface area contributed by atoms with Gasteiger partial charge in [-0.3, -0.25) is 0 Å². The molecule has 16 heavy (non-hydrogen) atoms. The molecule has 88 valence electrons. The first-order valence-corrected chi connectivity index (χ1v) is 4.02. The van der Waals surface area contributed by atoms with Gasteiger partial charge in [-0.15, -0.1) is 0 Å². The molecule has 0 unspecified atom stereocenters. The highest BCUT2D eigenvalue weighted by Gasteiger charge is 2.34. The second-order valence-corrected chi connectivity index (χ2v) is 2.87. The summed E-state index contributed by atoms with van der Waals surface area (Å²) in [5.41, 5.74) is -1.52. The van der Waals surface area contributed by atoms with Crippen LogP contribution < -0.4 is 0 Å². The van der Waals surface area contributed by atoms with Gasteiger partial charge in [-0.05, 0) is 17.7 Å². The minimum absolute atomic E-state index is 0.0730. The Morgan fingerprint density at radius 1 is 1.38 bits per heavy atom. The lowest BCUT2D eigenvalue weighted by Crippen LogP contribution is -2.09. The first kappa shape index (κ1) is 12.3. The van der Waals surface area contributed by atoms with Crippen molar-refractivity contribution in [2.75, 3.05) is 0 Å². The van der Waals surface area contributed by atoms with Crippen LogP contribution in [0, 0.1) is 5.82 Å². The number of halogens is 4. The number of hydrogen-bond acceptors (Lipinski definition) is 2. The smallest absolute Gasteiger partial charge is 0.450 e. The van der Waals surface area contributed by atoms with Gasteiger partial charge in [0.15, 0.2) is 0 Å². The summed E-state index contributed by atoms with van der Waals surface area (Å²) < 4.78 is 53.5. The third-order valence-electron chi connectivity index (χ3n) is 1.70. The maximum Gasteiger partial charge on any atom is 0.506 e. The van der Waals surface area contributed by atoms with Crippen molar-refractivity contribution in [3.05, 3.63) is 35.1 Å². The van der Waals surface area contributed by atoms with Crippen LogP contribution in [0.2, 0.25) is 0 Å². The van der Waals surface area contributed by atoms with Crippen LogP contribution in [0.15, 0.2) is 18.2 Å². The van der Waals surface area contributed by atoms with E-state index in [1.54, 1.807) is 0 Å². The van der Waals surface area contributed by atoms with E-state index in [0.717, 1.165) is 6.07 Å². The summed E-state index contributed by atoms with van der Waals surface area (Å²) in [5.74, 6) is -1.41. The van der Waals surface area contributed by atoms with E-state index in [1.807, 2.05) is 0 Å². The number of hydrogen-bond donors (Lipinski definition) is 1. The van der Waals surface area contributed by atoms with Crippen molar-refractivity contribution < 1.29 is 32.2 Å². The zero-order valence-corrected chi connectivity index (χ0v) is 7.71. The molecule has 0 fully saturated rings. The highest BCUT2D eigenvalue weighted by atomic mass is 19.4. The first-order chi connectivity index (χ1) is 7.30. The van der Waals surface area contributed by atoms with E-state index in [9.17, 15) is 22.4 Å². The Bertz CT molecular complexity index is 400. The third-order valence-corrected chi connectivity index (χ3v) is 1.70. The molecule has 0 radical (unpaired) electrons. The molecule has 0 spiro atoms. The Morgan fingerprint density at radius 3 is 2.50 bits per heavy atom. The normalized spacial score (nSPS) is 11.2. The zero-order valence-electron chi connectivity index (χ0n) is 7.71. The van der Waals surface area contributed by atoms with Crippen LogP contribution in [-0.2, 0) is 17.5 Å². The molecule has 0 heterocycles. The molecule has 0 aromatic heterocycles. The number of ether oxygens (including phenoxy) is 1. The summed E-state index contributed by atoms with van der Waals surface area (Å²) >= 11 is 0. The second kappa shape index (κ2) is 4.38. The fraction of sp³-hybridized carbons (Fsp3) is 0.222. The predicted octanol–water partition coefficient (Wildman–Crippen LogP) is 3.04. The molecule has 3 nitrogen and oxygen atoms in total. The zero-order chi connectivity index (χ0) is 12.3. The van der Waals surface area contributed by atoms with Gasteiger partial charge in [0.1, 0.15) is 12.4 Å². The van der Waals surface area contributed by atoms with Gasteiger partial charge in [-0.2, -0.15) is 13.2 Å². The van der Waals surface area contributed by atoms with Crippen LogP contribution in [0.4, 0.5) is 22.4 Å². The summed E-state index contributed by atoms with van der Waals surface area (Å²) in [6, 6.07) is 2.15. The van der Waals surface area contributed by atoms with E-state index in [2.05, 4.69) is 4.74 Å². The van der Waals surface area contributed by atoms with Gasteiger partial charge in [-0.1, -0.05) is 6.07 Å². The number of carboxylic acid groups (broad SMARTS) is 1. The number of benzene rings is 1. The molecule has 1 aromatic carbocycles. The van der Waals surface area contributed by atoms with Gasteiger partial charge in [0.05, 0.1) is 5.56 Å². The molecule has 1 N–H and O–H groups in total. The molecule has 0 aliphatic heterocycles. The van der Waals surface area contributed by atoms with Crippen LogP contribution in [-0.4, -0.2) is 11.3 Å². The van der Waals surface area contributed by atoms with E-state index in [-0.39, 0.29) is 5.56 Å². The number of rotatable bonds is 2. The molecule has 0 aliphatic carbocycles. The molecule has 0 saturated heterocycles. The van der Waals surface area contributed by atoms with Crippen molar-refractivity contribution in [1.29, 1.82) is 0 Å². The lowest BCUT2D eigenvalue weighted by atomic mass is 10.1. The minimum atomic E-state index is -4.82. The monoisotopic (exact) mass is 238 g/mol. The van der Waals surface area contributed by atoms with Gasteiger partial charge in [0.2, 0.25) is 0 Å². The maximum atomic E-state index is 12.8. The number of carbonyl (C=O) groups is 1. The van der Waals surface area contributed by atoms with Crippen LogP contribution in [0.1, 0.15) is 11.1 Å². The fourth-order valence-corrected chi connectivity index (χ4v) is 1.02. The fourth-order valence-electron chi connectivity index (χ4n) is 1.02. The summed E-state index contributed by atoms with van der Waals surface area (Å²) in [4.78, 5) is 10.0. The van der Waals surface area contributed by atoms with Crippen molar-refractivity contribution in [2.24, 2.45) is 0 Å². The molecule has 1 aromatic rings. The van der Waals surface area contributed by atoms with Gasteiger partial charge in [0, 0.05) is 0 Å². The quantitative estimate of drug-likeness (QED) is 0.636. The van der Waals surface area contributed by atoms with E-state index >= 15 is 0 Å². The van der Waals surface area contributed by atoms with E-state index in [0.29, 0.717) is 12.1 Å². The van der Waals surface area contributed by atoms with Crippen LogP contribution in [0.5, 0.6) is 0 Å². The summed E-state index contributed by atoms with van der Waals surface area (Å²) in [6.45, 7) is -0.557. The molecule has 0 bridgehead atoms. The molecule has 0 saturated carbocycles. The Balaban J connectivity index is 2.94. The molecule has 0 aliphatic rings. The molecule has 0 amide bonds. The Hall–Kier alpha value is -1.79. The van der Waals surface area contributed by atoms with E-state index < -0.39 is 30.3 Å². The average molecular weight is 238 g/mol. The van der Waals surface area contributed by atoms with Gasteiger partial charge in [-0.25, -0.2) is 9.18 Å². The minimum Gasteiger partial charge on any atom is -0.450 e. The van der Waals surface area contributed by atoms with Gasteiger partial charge >= 0.3 is 12.3 Å². The standard InChI is InChI=1S/C9H6F4O3/c10-7-2-1-5(4-16-8(14)15)3-6(7)9(11,12)13/h1-3H,4H2,(H,14,15). The first-order valence-electron chi connectivity index (χ1n) is 4.02. The maximum absolute atomic E-state index is 12.8. The van der Waals surface area contributed by atoms with Crippen molar-refractivity contribution in [2.45, 2.75) is 12.8 Å². The highest BCUT2D eigenvalue weighted by Crippen LogP contribution is 2.31. The predicted molar refractivity (Wildman–Crippen MR) is 44.2 cm³/mol. The molecular weight excluding hydrogens is 232 g/mol. The summed E-state index contributed by atoms with van der Waals surface area (Å²) in [7, 11) is 0. The topological polar surface area (TPSA) is 46.5 Å². The molecule has 0 atom stereocenters. The Labute approximate surface area is 87.3 Å². The van der Waals surface area contributed by atoms with Gasteiger partial charge in [0.25, 0.3) is 0 Å². The van der Waals surface area contributed by atoms with Gasteiger partial charge < -0.3 is 9.84 Å². The number of alkyl halides is 3. The molecule has 1 rings (SSSR count). The molecule has 7 heteroatoms. The van der Waals surface area contributed by atoms with E-state index in [4.69, 9.17) is 5.11 Å². The van der Waals surface area contributed by atoms with Crippen molar-refractivity contribution >= 4 is 6.16 Å². The van der Waals surface area contributed by atoms with Crippen molar-refractivity contribution in [3.63, 3.8) is 0 Å². The summed E-state index contributed by atoms with van der Waals surface area (Å²) in [6.07, 6.45) is -6.43. The average Bonchev–Trinajstić information content (AvgIpc) is 2.14. The van der Waals surface area contributed by atoms with Crippen LogP contribution in [0.25, 0.3) is 0 Å². The lowest BCUT2D eigenvalue weighted by molar-refractivity contribution is -0.140.